The number of phenolic OH excluding ortho intramolecular Hbond substituents is 1. The van der Waals surface area contributed by atoms with Crippen LogP contribution in [0.4, 0.5) is 0 Å². The zero-order valence-corrected chi connectivity index (χ0v) is 10.6. The van der Waals surface area contributed by atoms with Crippen LogP contribution in [0.1, 0.15) is 11.7 Å². The zero-order valence-electron chi connectivity index (χ0n) is 9.85. The second-order valence-electron chi connectivity index (χ2n) is 4.43. The Morgan fingerprint density at radius 1 is 1.11 bits per heavy atom. The van der Waals surface area contributed by atoms with Crippen molar-refractivity contribution in [2.24, 2.45) is 0 Å². The first-order valence-corrected chi connectivity index (χ1v) is 6.13. The van der Waals surface area contributed by atoms with Crippen molar-refractivity contribution in [3.05, 3.63) is 28.8 Å². The van der Waals surface area contributed by atoms with E-state index in [1.54, 1.807) is 0 Å². The van der Waals surface area contributed by atoms with Gasteiger partial charge >= 0.3 is 0 Å². The van der Waals surface area contributed by atoms with Crippen LogP contribution in [0.2, 0.25) is 5.02 Å². The highest BCUT2D eigenvalue weighted by Crippen LogP contribution is 2.38. The maximum absolute atomic E-state index is 9.93. The Labute approximate surface area is 114 Å². The summed E-state index contributed by atoms with van der Waals surface area (Å²) < 4.78 is 5.35. The zero-order chi connectivity index (χ0) is 14.2. The minimum atomic E-state index is -1.48. The summed E-state index contributed by atoms with van der Waals surface area (Å²) in [5.41, 5.74) is 0.276. The van der Waals surface area contributed by atoms with Crippen molar-refractivity contribution >= 4 is 11.6 Å². The van der Waals surface area contributed by atoms with Crippen molar-refractivity contribution in [3.8, 4) is 5.75 Å². The number of rotatable bonds is 2. The molecule has 1 heterocycles. The van der Waals surface area contributed by atoms with E-state index in [2.05, 4.69) is 0 Å². The van der Waals surface area contributed by atoms with Crippen LogP contribution in [0.25, 0.3) is 0 Å². The summed E-state index contributed by atoms with van der Waals surface area (Å²) in [6, 6.07) is 4.41. The van der Waals surface area contributed by atoms with Gasteiger partial charge in [0.25, 0.3) is 0 Å². The number of hydrogen-bond donors (Lipinski definition) is 5. The van der Waals surface area contributed by atoms with Gasteiger partial charge in [-0.25, -0.2) is 0 Å². The lowest BCUT2D eigenvalue weighted by Gasteiger charge is -2.40. The summed E-state index contributed by atoms with van der Waals surface area (Å²) >= 11 is 5.92. The third-order valence-electron chi connectivity index (χ3n) is 3.21. The van der Waals surface area contributed by atoms with E-state index in [1.165, 1.54) is 18.2 Å². The Bertz CT molecular complexity index is 452. The molecule has 1 aliphatic rings. The SMILES string of the molecule is OC[C@H]1O[C@@H](c2cccc(O)c2Cl)[C@H](O)[C@@H](O)[C@H]1O. The van der Waals surface area contributed by atoms with Gasteiger partial charge in [-0.15, -0.1) is 0 Å². The van der Waals surface area contributed by atoms with E-state index in [0.717, 1.165) is 0 Å². The van der Waals surface area contributed by atoms with Crippen molar-refractivity contribution in [1.82, 2.24) is 0 Å². The third-order valence-corrected chi connectivity index (χ3v) is 3.62. The fourth-order valence-electron chi connectivity index (χ4n) is 2.12. The van der Waals surface area contributed by atoms with Gasteiger partial charge in [0.05, 0.1) is 11.6 Å². The second-order valence-corrected chi connectivity index (χ2v) is 4.81. The number of ether oxygens (including phenoxy) is 1. The fraction of sp³-hybridized carbons (Fsp3) is 0.500. The number of benzene rings is 1. The summed E-state index contributed by atoms with van der Waals surface area (Å²) in [6.45, 7) is -0.516. The number of hydrogen-bond acceptors (Lipinski definition) is 6. The smallest absolute Gasteiger partial charge is 0.134 e. The van der Waals surface area contributed by atoms with Gasteiger partial charge in [-0.1, -0.05) is 23.7 Å². The summed E-state index contributed by atoms with van der Waals surface area (Å²) in [5.74, 6) is -0.184. The van der Waals surface area contributed by atoms with E-state index in [-0.39, 0.29) is 16.3 Å². The van der Waals surface area contributed by atoms with E-state index in [1.807, 2.05) is 0 Å². The fourth-order valence-corrected chi connectivity index (χ4v) is 2.35. The predicted octanol–water partition coefficient (Wildman–Crippen LogP) is -0.440. The first-order chi connectivity index (χ1) is 8.97. The standard InChI is InChI=1S/C12H15ClO6/c13-8-5(2-1-3-6(8)15)12-11(18)10(17)9(16)7(4-14)19-12/h1-3,7,9-12,14-18H,4H2/t7-,9+,10+,11-,12+/m1/s1. The molecule has 1 aromatic rings. The first-order valence-electron chi connectivity index (χ1n) is 5.75. The molecule has 1 saturated heterocycles. The summed E-state index contributed by atoms with van der Waals surface area (Å²) in [7, 11) is 0. The summed E-state index contributed by atoms with van der Waals surface area (Å²) in [4.78, 5) is 0. The number of aliphatic hydroxyl groups is 4. The van der Waals surface area contributed by atoms with Crippen LogP contribution in [0, 0.1) is 0 Å². The van der Waals surface area contributed by atoms with Gasteiger partial charge < -0.3 is 30.3 Å². The van der Waals surface area contributed by atoms with E-state index >= 15 is 0 Å². The molecule has 5 atom stereocenters. The molecule has 0 spiro atoms. The van der Waals surface area contributed by atoms with Crippen LogP contribution in [0.3, 0.4) is 0 Å². The Morgan fingerprint density at radius 2 is 1.79 bits per heavy atom. The number of aromatic hydroxyl groups is 1. The van der Waals surface area contributed by atoms with Crippen molar-refractivity contribution in [3.63, 3.8) is 0 Å². The Balaban J connectivity index is 2.35. The molecule has 106 valence electrons. The maximum Gasteiger partial charge on any atom is 0.134 e. The van der Waals surface area contributed by atoms with Crippen LogP contribution < -0.4 is 0 Å². The normalized spacial score (nSPS) is 35.3. The van der Waals surface area contributed by atoms with Gasteiger partial charge in [0.15, 0.2) is 0 Å². The molecule has 0 amide bonds. The lowest BCUT2D eigenvalue weighted by Crippen LogP contribution is -2.55. The maximum atomic E-state index is 9.93. The van der Waals surface area contributed by atoms with Crippen molar-refractivity contribution in [2.45, 2.75) is 30.5 Å². The molecule has 0 aliphatic carbocycles. The van der Waals surface area contributed by atoms with Gasteiger partial charge in [0.1, 0.15) is 36.3 Å². The van der Waals surface area contributed by atoms with Gasteiger partial charge in [0, 0.05) is 5.56 Å². The van der Waals surface area contributed by atoms with E-state index in [0.29, 0.717) is 0 Å². The van der Waals surface area contributed by atoms with Crippen LogP contribution in [-0.2, 0) is 4.74 Å². The first kappa shape index (κ1) is 14.5. The second kappa shape index (κ2) is 5.62. The minimum absolute atomic E-state index is 0.00757. The molecular weight excluding hydrogens is 276 g/mol. The molecule has 0 saturated carbocycles. The average Bonchev–Trinajstić information content (AvgIpc) is 2.40. The largest absolute Gasteiger partial charge is 0.506 e. The molecule has 1 aliphatic heterocycles. The highest BCUT2D eigenvalue weighted by molar-refractivity contribution is 6.32. The molecule has 1 aromatic carbocycles. The Hall–Kier alpha value is -0.890. The molecule has 19 heavy (non-hydrogen) atoms. The molecule has 0 unspecified atom stereocenters. The number of phenols is 1. The number of halogens is 1. The van der Waals surface area contributed by atoms with Gasteiger partial charge in [0.2, 0.25) is 0 Å². The Morgan fingerprint density at radius 3 is 2.42 bits per heavy atom. The topological polar surface area (TPSA) is 110 Å². The highest BCUT2D eigenvalue weighted by atomic mass is 35.5. The highest BCUT2D eigenvalue weighted by Gasteiger charge is 2.44. The molecule has 0 radical (unpaired) electrons. The molecule has 1 fully saturated rings. The molecule has 6 nitrogen and oxygen atoms in total. The molecule has 0 bridgehead atoms. The lowest BCUT2D eigenvalue weighted by molar-refractivity contribution is -0.231. The van der Waals surface area contributed by atoms with Crippen LogP contribution in [0.15, 0.2) is 18.2 Å². The average molecular weight is 291 g/mol. The van der Waals surface area contributed by atoms with Crippen LogP contribution in [0.5, 0.6) is 5.75 Å². The quantitative estimate of drug-likeness (QED) is 0.505. The minimum Gasteiger partial charge on any atom is -0.506 e. The van der Waals surface area contributed by atoms with E-state index < -0.39 is 37.1 Å². The molecule has 7 heteroatoms. The molecule has 0 aromatic heterocycles. The molecule has 5 N–H and O–H groups in total. The predicted molar refractivity (Wildman–Crippen MR) is 65.8 cm³/mol. The molecular formula is C12H15ClO6. The van der Waals surface area contributed by atoms with Crippen LogP contribution >= 0.6 is 11.6 Å². The van der Waals surface area contributed by atoms with Gasteiger partial charge in [-0.3, -0.25) is 0 Å². The summed E-state index contributed by atoms with van der Waals surface area (Å²) in [6.07, 6.45) is -6.38. The van der Waals surface area contributed by atoms with Crippen molar-refractivity contribution < 1.29 is 30.3 Å². The van der Waals surface area contributed by atoms with E-state index in [4.69, 9.17) is 21.4 Å². The molecule has 2 rings (SSSR count). The van der Waals surface area contributed by atoms with Gasteiger partial charge in [-0.05, 0) is 6.07 Å². The van der Waals surface area contributed by atoms with Gasteiger partial charge in [-0.2, -0.15) is 0 Å². The van der Waals surface area contributed by atoms with Crippen molar-refractivity contribution in [2.75, 3.05) is 6.61 Å². The monoisotopic (exact) mass is 290 g/mol. The Kier molecular flexibility index (Phi) is 4.29. The number of aliphatic hydroxyl groups excluding tert-OH is 4. The van der Waals surface area contributed by atoms with Crippen molar-refractivity contribution in [1.29, 1.82) is 0 Å². The summed E-state index contributed by atoms with van der Waals surface area (Å²) in [5, 5.41) is 47.9. The van der Waals surface area contributed by atoms with E-state index in [9.17, 15) is 20.4 Å². The lowest BCUT2D eigenvalue weighted by atomic mass is 9.91. The van der Waals surface area contributed by atoms with Crippen LogP contribution in [-0.4, -0.2) is 56.6 Å². The third kappa shape index (κ3) is 2.55.